The van der Waals surface area contributed by atoms with Gasteiger partial charge in [-0.2, -0.15) is 0 Å². The molecule has 5 aromatic carbocycles. The third-order valence-corrected chi connectivity index (χ3v) is 8.56. The van der Waals surface area contributed by atoms with E-state index in [4.69, 9.17) is 18.6 Å². The van der Waals surface area contributed by atoms with E-state index in [9.17, 15) is 9.67 Å². The summed E-state index contributed by atoms with van der Waals surface area (Å²) in [4.78, 5) is 4.99. The molecule has 0 spiro atoms. The minimum atomic E-state index is -4.22. The van der Waals surface area contributed by atoms with Gasteiger partial charge in [-0.1, -0.05) is 121 Å². The lowest BCUT2D eigenvalue weighted by Crippen LogP contribution is -2.05. The van der Waals surface area contributed by atoms with Crippen LogP contribution in [0, 0.1) is 6.92 Å². The van der Waals surface area contributed by atoms with Gasteiger partial charge < -0.3 is 9.63 Å². The van der Waals surface area contributed by atoms with Crippen molar-refractivity contribution < 1.29 is 23.2 Å². The van der Waals surface area contributed by atoms with Gasteiger partial charge in [-0.25, -0.2) is 9.55 Å². The van der Waals surface area contributed by atoms with Crippen molar-refractivity contribution in [3.8, 4) is 28.1 Å². The van der Waals surface area contributed by atoms with Crippen molar-refractivity contribution in [1.82, 2.24) is 4.98 Å². The molecule has 0 saturated heterocycles. The summed E-state index contributed by atoms with van der Waals surface area (Å²) in [5, 5.41) is 11.0. The number of rotatable bonds is 11. The number of fused-ring (bicyclic) bond motifs is 1. The first kappa shape index (κ1) is 29.5. The predicted octanol–water partition coefficient (Wildman–Crippen LogP) is 9.29. The Balaban J connectivity index is 1.51. The fourth-order valence-corrected chi connectivity index (χ4v) is 6.27. The Labute approximate surface area is 257 Å². The van der Waals surface area contributed by atoms with Crippen molar-refractivity contribution in [1.29, 1.82) is 0 Å². The van der Waals surface area contributed by atoms with Crippen LogP contribution in [0.4, 0.5) is 0 Å². The molecular formula is C37H32NO5P. The van der Waals surface area contributed by atoms with Crippen LogP contribution in [0.5, 0.6) is 5.75 Å². The van der Waals surface area contributed by atoms with Crippen molar-refractivity contribution in [2.45, 2.75) is 26.7 Å². The van der Waals surface area contributed by atoms with Crippen LogP contribution in [0.2, 0.25) is 0 Å². The minimum Gasteiger partial charge on any atom is -0.403 e. The number of phosphoric acid groups is 1. The number of aliphatic hydroxyl groups excluding tert-OH is 1. The van der Waals surface area contributed by atoms with Crippen LogP contribution in [0.3, 0.4) is 0 Å². The van der Waals surface area contributed by atoms with Crippen molar-refractivity contribution in [2.24, 2.45) is 0 Å². The molecule has 44 heavy (non-hydrogen) atoms. The maximum Gasteiger partial charge on any atom is 0.530 e. The molecule has 0 radical (unpaired) electrons. The number of nitrogens with zero attached hydrogens (tertiary/aromatic N) is 1. The smallest absolute Gasteiger partial charge is 0.403 e. The molecule has 0 bridgehead atoms. The van der Waals surface area contributed by atoms with E-state index in [0.29, 0.717) is 22.2 Å². The van der Waals surface area contributed by atoms with Crippen molar-refractivity contribution in [3.63, 3.8) is 0 Å². The lowest BCUT2D eigenvalue weighted by atomic mass is 9.94. The molecule has 0 fully saturated rings. The largest absolute Gasteiger partial charge is 0.530 e. The van der Waals surface area contributed by atoms with Crippen molar-refractivity contribution >= 4 is 18.7 Å². The van der Waals surface area contributed by atoms with Gasteiger partial charge in [-0.15, -0.1) is 0 Å². The Morgan fingerprint density at radius 3 is 1.86 bits per heavy atom. The van der Waals surface area contributed by atoms with Crippen LogP contribution in [-0.2, 0) is 33.4 Å². The van der Waals surface area contributed by atoms with Gasteiger partial charge in [0.25, 0.3) is 0 Å². The SMILES string of the molecule is Cc1cccc(-c2cc(OP(=O)(OCc3ccccc3)OCc3ccccc3)c3c(-c4ccccc4)c(CO)ccc3n2)c1. The monoisotopic (exact) mass is 601 g/mol. The molecule has 0 aliphatic carbocycles. The minimum absolute atomic E-state index is 0.0219. The highest BCUT2D eigenvalue weighted by Crippen LogP contribution is 2.53. The Kier molecular flexibility index (Phi) is 8.96. The van der Waals surface area contributed by atoms with Gasteiger partial charge in [-0.3, -0.25) is 9.05 Å². The van der Waals surface area contributed by atoms with E-state index in [-0.39, 0.29) is 25.6 Å². The number of aliphatic hydroxyl groups is 1. The summed E-state index contributed by atoms with van der Waals surface area (Å²) in [5.41, 5.74) is 7.16. The first-order valence-corrected chi connectivity index (χ1v) is 15.8. The fraction of sp³-hybridized carbons (Fsp3) is 0.108. The highest BCUT2D eigenvalue weighted by molar-refractivity contribution is 7.48. The summed E-state index contributed by atoms with van der Waals surface area (Å²) < 4.78 is 32.9. The van der Waals surface area contributed by atoms with E-state index in [2.05, 4.69) is 0 Å². The summed E-state index contributed by atoms with van der Waals surface area (Å²) >= 11 is 0. The molecule has 0 atom stereocenters. The molecule has 0 amide bonds. The molecule has 1 aromatic heterocycles. The van der Waals surface area contributed by atoms with Crippen molar-refractivity contribution in [3.05, 3.63) is 156 Å². The molecule has 0 aliphatic heterocycles. The van der Waals surface area contributed by atoms with Crippen molar-refractivity contribution in [2.75, 3.05) is 0 Å². The van der Waals surface area contributed by atoms with Crippen LogP contribution in [0.1, 0.15) is 22.3 Å². The number of pyridine rings is 1. The Hall–Kier alpha value is -4.58. The Bertz CT molecular complexity index is 1870. The molecule has 6 nitrogen and oxygen atoms in total. The van der Waals surface area contributed by atoms with E-state index in [1.54, 1.807) is 6.07 Å². The fourth-order valence-electron chi connectivity index (χ4n) is 5.09. The third kappa shape index (κ3) is 6.80. The zero-order chi connectivity index (χ0) is 30.4. The summed E-state index contributed by atoms with van der Waals surface area (Å²) in [6.07, 6.45) is 0. The average molecular weight is 602 g/mol. The average Bonchev–Trinajstić information content (AvgIpc) is 3.07. The summed E-state index contributed by atoms with van der Waals surface area (Å²) in [6, 6.07) is 42.1. The first-order valence-electron chi connectivity index (χ1n) is 14.4. The lowest BCUT2D eigenvalue weighted by molar-refractivity contribution is 0.143. The maximum absolute atomic E-state index is 14.5. The van der Waals surface area contributed by atoms with Gasteiger partial charge in [-0.05, 0) is 41.3 Å². The van der Waals surface area contributed by atoms with E-state index >= 15 is 0 Å². The molecular weight excluding hydrogens is 569 g/mol. The standard InChI is InChI=1S/C37H32NO5P/c1-27-12-11-19-31(22-27)34-23-35(37-33(38-34)21-20-32(24-39)36(37)30-17-9-4-10-18-30)43-44(40,41-25-28-13-5-2-6-14-28)42-26-29-15-7-3-8-16-29/h2-23,39H,24-26H2,1H3. The van der Waals surface area contributed by atoms with Crippen LogP contribution in [0.15, 0.2) is 133 Å². The number of hydrogen-bond donors (Lipinski definition) is 1. The quantitative estimate of drug-likeness (QED) is 0.149. The normalized spacial score (nSPS) is 11.5. The number of phosphoric ester groups is 1. The van der Waals surface area contributed by atoms with Gasteiger partial charge in [0.15, 0.2) is 0 Å². The zero-order valence-corrected chi connectivity index (χ0v) is 25.2. The molecule has 1 heterocycles. The molecule has 220 valence electrons. The number of aromatic nitrogens is 1. The Morgan fingerprint density at radius 2 is 1.27 bits per heavy atom. The van der Waals surface area contributed by atoms with Gasteiger partial charge in [0, 0.05) is 17.2 Å². The van der Waals surface area contributed by atoms with Gasteiger partial charge >= 0.3 is 7.82 Å². The van der Waals surface area contributed by atoms with E-state index in [1.807, 2.05) is 134 Å². The second-order valence-corrected chi connectivity index (χ2v) is 12.0. The second-order valence-electron chi connectivity index (χ2n) is 10.4. The molecule has 0 saturated carbocycles. The highest BCUT2D eigenvalue weighted by atomic mass is 31.2. The summed E-state index contributed by atoms with van der Waals surface area (Å²) in [5.74, 6) is 0.283. The topological polar surface area (TPSA) is 77.9 Å². The highest BCUT2D eigenvalue weighted by Gasteiger charge is 2.31. The van der Waals surface area contributed by atoms with Crippen LogP contribution < -0.4 is 4.52 Å². The zero-order valence-electron chi connectivity index (χ0n) is 24.3. The molecule has 0 unspecified atom stereocenters. The van der Waals surface area contributed by atoms with Gasteiger partial charge in [0.2, 0.25) is 0 Å². The molecule has 6 rings (SSSR count). The van der Waals surface area contributed by atoms with Gasteiger partial charge in [0.05, 0.1) is 36.4 Å². The summed E-state index contributed by atoms with van der Waals surface area (Å²) in [7, 11) is -4.22. The van der Waals surface area contributed by atoms with E-state index < -0.39 is 7.82 Å². The predicted molar refractivity (Wildman–Crippen MR) is 174 cm³/mol. The molecule has 1 N–H and O–H groups in total. The van der Waals surface area contributed by atoms with Crippen LogP contribution >= 0.6 is 7.82 Å². The van der Waals surface area contributed by atoms with Crippen LogP contribution in [0.25, 0.3) is 33.3 Å². The first-order chi connectivity index (χ1) is 21.5. The van der Waals surface area contributed by atoms with Gasteiger partial charge in [0.1, 0.15) is 5.75 Å². The van der Waals surface area contributed by atoms with E-state index in [1.165, 1.54) is 0 Å². The number of benzene rings is 5. The Morgan fingerprint density at radius 1 is 0.682 bits per heavy atom. The molecule has 6 aromatic rings. The number of hydrogen-bond acceptors (Lipinski definition) is 6. The van der Waals surface area contributed by atoms with E-state index in [0.717, 1.165) is 33.4 Å². The number of aryl methyl sites for hydroxylation is 1. The molecule has 0 aliphatic rings. The van der Waals surface area contributed by atoms with Crippen LogP contribution in [-0.4, -0.2) is 10.1 Å². The lowest BCUT2D eigenvalue weighted by Gasteiger charge is -2.22. The maximum atomic E-state index is 14.5. The second kappa shape index (κ2) is 13.4. The summed E-state index contributed by atoms with van der Waals surface area (Å²) in [6.45, 7) is 1.86. The molecule has 7 heteroatoms. The third-order valence-electron chi connectivity index (χ3n) is 7.25.